The number of hydrogen-bond acceptors (Lipinski definition) is 3. The lowest BCUT2D eigenvalue weighted by Gasteiger charge is -2.04. The van der Waals surface area contributed by atoms with Crippen molar-refractivity contribution < 1.29 is 4.74 Å². The van der Waals surface area contributed by atoms with E-state index in [0.717, 1.165) is 22.7 Å². The zero-order valence-corrected chi connectivity index (χ0v) is 13.8. The number of nitrogens with zero attached hydrogens (tertiary/aromatic N) is 2. The Hall–Kier alpha value is -2.59. The van der Waals surface area contributed by atoms with Gasteiger partial charge in [0.05, 0.1) is 17.7 Å². The van der Waals surface area contributed by atoms with Gasteiger partial charge in [0.1, 0.15) is 11.4 Å². The largest absolute Gasteiger partial charge is 0.497 e. The molecule has 0 radical (unpaired) electrons. The van der Waals surface area contributed by atoms with Gasteiger partial charge in [-0.3, -0.25) is 4.68 Å². The number of hydrogen-bond donors (Lipinski definition) is 0. The van der Waals surface area contributed by atoms with Crippen LogP contribution < -0.4 is 4.74 Å². The minimum atomic E-state index is 0.854. The number of ether oxygens (including phenoxy) is 1. The van der Waals surface area contributed by atoms with Crippen LogP contribution in [0.1, 0.15) is 0 Å². The van der Waals surface area contributed by atoms with Gasteiger partial charge < -0.3 is 4.74 Å². The van der Waals surface area contributed by atoms with E-state index in [1.54, 1.807) is 18.4 Å². The van der Waals surface area contributed by atoms with Crippen LogP contribution >= 0.6 is 11.3 Å². The van der Waals surface area contributed by atoms with E-state index in [4.69, 9.17) is 9.84 Å². The molecule has 3 nitrogen and oxygen atoms in total. The molecule has 4 heteroatoms. The van der Waals surface area contributed by atoms with Gasteiger partial charge in [-0.15, -0.1) is 11.3 Å². The molecule has 2 aromatic heterocycles. The van der Waals surface area contributed by atoms with Gasteiger partial charge in [-0.2, -0.15) is 5.10 Å². The summed E-state index contributed by atoms with van der Waals surface area (Å²) in [6, 6.07) is 20.8. The fourth-order valence-corrected chi connectivity index (χ4v) is 3.77. The van der Waals surface area contributed by atoms with Crippen molar-refractivity contribution in [2.75, 3.05) is 7.11 Å². The third-order valence-corrected chi connectivity index (χ3v) is 5.06. The molecule has 0 aliphatic rings. The third kappa shape index (κ3) is 2.51. The fraction of sp³-hybridized carbons (Fsp3) is 0.105. The van der Waals surface area contributed by atoms with Gasteiger partial charge in [0.25, 0.3) is 0 Å². The molecule has 2 heterocycles. The Kier molecular flexibility index (Phi) is 3.39. The summed E-state index contributed by atoms with van der Waals surface area (Å²) in [4.78, 5) is 1.19. The second-order valence-electron chi connectivity index (χ2n) is 5.42. The zero-order chi connectivity index (χ0) is 15.8. The molecule has 0 saturated carbocycles. The first-order chi connectivity index (χ1) is 11.2. The molecule has 0 spiro atoms. The molecule has 114 valence electrons. The summed E-state index contributed by atoms with van der Waals surface area (Å²) in [5.41, 5.74) is 3.19. The van der Waals surface area contributed by atoms with E-state index in [2.05, 4.69) is 42.5 Å². The Morgan fingerprint density at radius 1 is 1.00 bits per heavy atom. The quantitative estimate of drug-likeness (QED) is 0.532. The molecule has 23 heavy (non-hydrogen) atoms. The smallest absolute Gasteiger partial charge is 0.119 e. The topological polar surface area (TPSA) is 27.1 Å². The van der Waals surface area contributed by atoms with Gasteiger partial charge >= 0.3 is 0 Å². The summed E-state index contributed by atoms with van der Waals surface area (Å²) < 4.78 is 8.53. The van der Waals surface area contributed by atoms with Crippen LogP contribution in [0.3, 0.4) is 0 Å². The van der Waals surface area contributed by atoms with E-state index in [-0.39, 0.29) is 0 Å². The first-order valence-electron chi connectivity index (χ1n) is 7.42. The van der Waals surface area contributed by atoms with Crippen molar-refractivity contribution in [1.82, 2.24) is 9.78 Å². The van der Waals surface area contributed by atoms with Crippen molar-refractivity contribution in [3.8, 4) is 27.6 Å². The van der Waals surface area contributed by atoms with E-state index in [0.29, 0.717) is 0 Å². The Labute approximate surface area is 138 Å². The van der Waals surface area contributed by atoms with E-state index in [9.17, 15) is 0 Å². The number of aryl methyl sites for hydroxylation is 1. The summed E-state index contributed by atoms with van der Waals surface area (Å²) in [7, 11) is 3.66. The van der Waals surface area contributed by atoms with Crippen LogP contribution in [0.2, 0.25) is 0 Å². The Morgan fingerprint density at radius 3 is 2.70 bits per heavy atom. The van der Waals surface area contributed by atoms with Crippen molar-refractivity contribution in [3.63, 3.8) is 0 Å². The fourth-order valence-electron chi connectivity index (χ4n) is 2.75. The van der Waals surface area contributed by atoms with Crippen LogP contribution in [0.15, 0.2) is 60.7 Å². The SMILES string of the molecule is COc1cccc(-c2cc(-c3cc4ccccc4s3)nn2C)c1. The summed E-state index contributed by atoms with van der Waals surface area (Å²) in [5, 5.41) is 5.96. The standard InChI is InChI=1S/C19H16N2OS/c1-21-17(13-7-5-8-15(10-13)22-2)12-16(20-21)19-11-14-6-3-4-9-18(14)23-19/h3-12H,1-2H3. The lowest BCUT2D eigenvalue weighted by atomic mass is 10.1. The first kappa shape index (κ1) is 14.0. The summed E-state index contributed by atoms with van der Waals surface area (Å²) >= 11 is 1.77. The molecule has 0 saturated heterocycles. The lowest BCUT2D eigenvalue weighted by Crippen LogP contribution is -1.94. The summed E-state index contributed by atoms with van der Waals surface area (Å²) in [5.74, 6) is 0.854. The van der Waals surface area contributed by atoms with Gasteiger partial charge in [0, 0.05) is 17.3 Å². The number of aromatic nitrogens is 2. The van der Waals surface area contributed by atoms with Gasteiger partial charge in [-0.1, -0.05) is 30.3 Å². The van der Waals surface area contributed by atoms with Gasteiger partial charge in [-0.05, 0) is 35.7 Å². The van der Waals surface area contributed by atoms with Gasteiger partial charge in [0.2, 0.25) is 0 Å². The average Bonchev–Trinajstić information content (AvgIpc) is 3.18. The van der Waals surface area contributed by atoms with Crippen LogP contribution in [0, 0.1) is 0 Å². The highest BCUT2D eigenvalue weighted by Gasteiger charge is 2.12. The van der Waals surface area contributed by atoms with Crippen LogP contribution in [-0.2, 0) is 7.05 Å². The molecule has 4 rings (SSSR count). The van der Waals surface area contributed by atoms with Crippen molar-refractivity contribution in [1.29, 1.82) is 0 Å². The summed E-state index contributed by atoms with van der Waals surface area (Å²) in [6.07, 6.45) is 0. The number of thiophene rings is 1. The number of fused-ring (bicyclic) bond motifs is 1. The van der Waals surface area contributed by atoms with Crippen LogP contribution in [-0.4, -0.2) is 16.9 Å². The van der Waals surface area contributed by atoms with Gasteiger partial charge in [0.15, 0.2) is 0 Å². The van der Waals surface area contributed by atoms with E-state index in [1.165, 1.54) is 15.0 Å². The Morgan fingerprint density at radius 2 is 1.87 bits per heavy atom. The molecule has 0 fully saturated rings. The monoisotopic (exact) mass is 320 g/mol. The predicted octanol–water partition coefficient (Wildman–Crippen LogP) is 4.98. The van der Waals surface area contributed by atoms with E-state index >= 15 is 0 Å². The highest BCUT2D eigenvalue weighted by Crippen LogP contribution is 2.34. The molecular weight excluding hydrogens is 304 g/mol. The molecule has 0 unspecified atom stereocenters. The first-order valence-corrected chi connectivity index (χ1v) is 8.23. The maximum absolute atomic E-state index is 5.32. The average molecular weight is 320 g/mol. The molecule has 0 atom stereocenters. The molecule has 0 bridgehead atoms. The number of benzene rings is 2. The predicted molar refractivity (Wildman–Crippen MR) is 96.0 cm³/mol. The second-order valence-corrected chi connectivity index (χ2v) is 6.50. The van der Waals surface area contributed by atoms with Crippen LogP contribution in [0.25, 0.3) is 31.9 Å². The minimum Gasteiger partial charge on any atom is -0.497 e. The molecule has 0 aliphatic carbocycles. The molecule has 0 N–H and O–H groups in total. The summed E-state index contributed by atoms with van der Waals surface area (Å²) in [6.45, 7) is 0. The molecule has 0 amide bonds. The second kappa shape index (κ2) is 5.56. The Bertz CT molecular complexity index is 951. The minimum absolute atomic E-state index is 0.854. The maximum Gasteiger partial charge on any atom is 0.119 e. The lowest BCUT2D eigenvalue weighted by molar-refractivity contribution is 0.415. The van der Waals surface area contributed by atoms with Crippen LogP contribution in [0.5, 0.6) is 5.75 Å². The van der Waals surface area contributed by atoms with Crippen molar-refractivity contribution >= 4 is 21.4 Å². The van der Waals surface area contributed by atoms with Crippen molar-refractivity contribution in [2.45, 2.75) is 0 Å². The van der Waals surface area contributed by atoms with Gasteiger partial charge in [-0.25, -0.2) is 0 Å². The number of rotatable bonds is 3. The molecule has 4 aromatic rings. The normalized spacial score (nSPS) is 11.0. The van der Waals surface area contributed by atoms with Crippen molar-refractivity contribution in [3.05, 3.63) is 60.7 Å². The highest BCUT2D eigenvalue weighted by atomic mass is 32.1. The van der Waals surface area contributed by atoms with E-state index in [1.807, 2.05) is 29.9 Å². The maximum atomic E-state index is 5.32. The number of methoxy groups -OCH3 is 1. The van der Waals surface area contributed by atoms with E-state index < -0.39 is 0 Å². The molecular formula is C19H16N2OS. The van der Waals surface area contributed by atoms with Crippen molar-refractivity contribution in [2.24, 2.45) is 7.05 Å². The zero-order valence-electron chi connectivity index (χ0n) is 13.0. The Balaban J connectivity index is 1.79. The molecule has 0 aliphatic heterocycles. The van der Waals surface area contributed by atoms with Crippen LogP contribution in [0.4, 0.5) is 0 Å². The third-order valence-electron chi connectivity index (χ3n) is 3.92. The highest BCUT2D eigenvalue weighted by molar-refractivity contribution is 7.22. The molecule has 2 aromatic carbocycles.